The van der Waals surface area contributed by atoms with Crippen molar-refractivity contribution in [3.8, 4) is 0 Å². The summed E-state index contributed by atoms with van der Waals surface area (Å²) in [6.45, 7) is 0.495. The maximum atomic E-state index is 10.1. The molecule has 3 heteroatoms. The zero-order chi connectivity index (χ0) is 6.74. The molecule has 1 rings (SSSR count). The van der Waals surface area contributed by atoms with Crippen molar-refractivity contribution in [3.05, 3.63) is 0 Å². The minimum absolute atomic E-state index is 0.441. The van der Waals surface area contributed by atoms with Crippen molar-refractivity contribution in [2.45, 2.75) is 25.0 Å². The molecule has 1 saturated heterocycles. The van der Waals surface area contributed by atoms with Gasteiger partial charge in [-0.3, -0.25) is 4.79 Å². The zero-order valence-electron chi connectivity index (χ0n) is 5.17. The predicted octanol–water partition coefficient (Wildman–Crippen LogP) is 0.0744. The van der Waals surface area contributed by atoms with Gasteiger partial charge in [-0.25, -0.2) is 0 Å². The van der Waals surface area contributed by atoms with Crippen molar-refractivity contribution in [2.75, 3.05) is 6.61 Å². The summed E-state index contributed by atoms with van der Waals surface area (Å²) >= 11 is 0. The number of ether oxygens (including phenoxy) is 1. The highest BCUT2D eigenvalue weighted by atomic mass is 16.6. The summed E-state index contributed by atoms with van der Waals surface area (Å²) in [6, 6.07) is 0. The largest absolute Gasteiger partial charge is 0.360 e. The van der Waals surface area contributed by atoms with E-state index in [1.54, 1.807) is 0 Å². The monoisotopic (exact) mass is 130 g/mol. The summed E-state index contributed by atoms with van der Waals surface area (Å²) in [7, 11) is 0. The maximum Gasteiger partial charge on any atom is 0.223 e. The van der Waals surface area contributed by atoms with Crippen LogP contribution in [0.25, 0.3) is 0 Å². The fraction of sp³-hybridized carbons (Fsp3) is 0.833. The van der Waals surface area contributed by atoms with Gasteiger partial charge in [-0.15, -0.1) is 0 Å². The minimum atomic E-state index is -1.46. The van der Waals surface area contributed by atoms with E-state index in [1.807, 2.05) is 0 Å². The molecule has 1 atom stereocenters. The molecule has 0 aromatic heterocycles. The number of aldehydes is 1. The molecule has 9 heavy (non-hydrogen) atoms. The number of rotatable bonds is 1. The molecule has 1 aliphatic rings. The molecule has 0 spiro atoms. The van der Waals surface area contributed by atoms with Gasteiger partial charge in [-0.1, -0.05) is 0 Å². The van der Waals surface area contributed by atoms with Gasteiger partial charge in [-0.2, -0.15) is 0 Å². The third-order valence-corrected chi connectivity index (χ3v) is 1.47. The molecule has 0 radical (unpaired) electrons. The van der Waals surface area contributed by atoms with Gasteiger partial charge in [0.15, 0.2) is 6.29 Å². The van der Waals surface area contributed by atoms with Crippen molar-refractivity contribution in [2.24, 2.45) is 0 Å². The van der Waals surface area contributed by atoms with Gasteiger partial charge in [0.25, 0.3) is 0 Å². The van der Waals surface area contributed by atoms with Crippen LogP contribution in [-0.4, -0.2) is 23.8 Å². The van der Waals surface area contributed by atoms with Crippen molar-refractivity contribution in [1.29, 1.82) is 0 Å². The lowest BCUT2D eigenvalue weighted by Gasteiger charge is -2.26. The molecular weight excluding hydrogens is 120 g/mol. The fourth-order valence-electron chi connectivity index (χ4n) is 0.894. The van der Waals surface area contributed by atoms with Crippen LogP contribution >= 0.6 is 0 Å². The fourth-order valence-corrected chi connectivity index (χ4v) is 0.894. The second kappa shape index (κ2) is 2.45. The molecule has 1 aliphatic heterocycles. The van der Waals surface area contributed by atoms with Gasteiger partial charge in [0.1, 0.15) is 0 Å². The first-order valence-corrected chi connectivity index (χ1v) is 3.09. The highest BCUT2D eigenvalue weighted by Crippen LogP contribution is 2.19. The summed E-state index contributed by atoms with van der Waals surface area (Å²) in [4.78, 5) is 10.1. The zero-order valence-corrected chi connectivity index (χ0v) is 5.17. The molecular formula is C6H10O3. The second-order valence-electron chi connectivity index (χ2n) is 2.27. The van der Waals surface area contributed by atoms with E-state index in [0.29, 0.717) is 19.3 Å². The van der Waals surface area contributed by atoms with E-state index in [2.05, 4.69) is 0 Å². The molecule has 0 saturated carbocycles. The minimum Gasteiger partial charge on any atom is -0.360 e. The van der Waals surface area contributed by atoms with Crippen molar-refractivity contribution >= 4 is 6.29 Å². The number of hydrogen-bond acceptors (Lipinski definition) is 3. The quantitative estimate of drug-likeness (QED) is 0.511. The van der Waals surface area contributed by atoms with Crippen molar-refractivity contribution in [1.82, 2.24) is 0 Å². The normalized spacial score (nSPS) is 36.1. The second-order valence-corrected chi connectivity index (χ2v) is 2.27. The highest BCUT2D eigenvalue weighted by molar-refractivity contribution is 5.59. The lowest BCUT2D eigenvalue weighted by atomic mass is 10.1. The maximum absolute atomic E-state index is 10.1. The van der Waals surface area contributed by atoms with Crippen molar-refractivity contribution < 1.29 is 14.6 Å². The van der Waals surface area contributed by atoms with Crippen LogP contribution in [0, 0.1) is 0 Å². The van der Waals surface area contributed by atoms with Gasteiger partial charge >= 0.3 is 0 Å². The molecule has 1 fully saturated rings. The van der Waals surface area contributed by atoms with Gasteiger partial charge in [-0.05, 0) is 12.8 Å². The summed E-state index contributed by atoms with van der Waals surface area (Å²) < 4.78 is 4.80. The first kappa shape index (κ1) is 6.71. The smallest absolute Gasteiger partial charge is 0.223 e. The van der Waals surface area contributed by atoms with Crippen LogP contribution in [0.1, 0.15) is 19.3 Å². The Morgan fingerprint density at radius 2 is 2.33 bits per heavy atom. The number of aliphatic hydroxyl groups is 1. The first-order valence-electron chi connectivity index (χ1n) is 3.09. The van der Waals surface area contributed by atoms with Gasteiger partial charge in [0.05, 0.1) is 6.61 Å². The van der Waals surface area contributed by atoms with Gasteiger partial charge < -0.3 is 9.84 Å². The first-order chi connectivity index (χ1) is 4.27. The van der Waals surface area contributed by atoms with Crippen LogP contribution in [0.3, 0.4) is 0 Å². The Labute approximate surface area is 53.6 Å². The average Bonchev–Trinajstić information content (AvgIpc) is 1.90. The Kier molecular flexibility index (Phi) is 1.83. The lowest BCUT2D eigenvalue weighted by Crippen LogP contribution is -2.37. The molecule has 0 aliphatic carbocycles. The standard InChI is InChI=1S/C6H10O3/c7-5-6(8)3-1-2-4-9-6/h5,8H,1-4H2. The molecule has 0 amide bonds. The number of carbonyl (C=O) groups excluding carboxylic acids is 1. The van der Waals surface area contributed by atoms with E-state index in [-0.39, 0.29) is 0 Å². The van der Waals surface area contributed by atoms with Gasteiger partial charge in [0, 0.05) is 6.42 Å². The molecule has 0 bridgehead atoms. The summed E-state index contributed by atoms with van der Waals surface area (Å²) in [5, 5.41) is 9.09. The van der Waals surface area contributed by atoms with Crippen LogP contribution in [-0.2, 0) is 9.53 Å². The molecule has 0 aromatic rings. The Bertz CT molecular complexity index is 105. The lowest BCUT2D eigenvalue weighted by molar-refractivity contribution is -0.208. The Hall–Kier alpha value is -0.410. The summed E-state index contributed by atoms with van der Waals surface area (Å²) in [6.07, 6.45) is 2.72. The molecule has 1 heterocycles. The topological polar surface area (TPSA) is 46.5 Å². The third kappa shape index (κ3) is 1.50. The van der Waals surface area contributed by atoms with E-state index in [4.69, 9.17) is 9.84 Å². The van der Waals surface area contributed by atoms with E-state index >= 15 is 0 Å². The number of hydrogen-bond donors (Lipinski definition) is 1. The summed E-state index contributed by atoms with van der Waals surface area (Å²) in [5.41, 5.74) is 0. The average molecular weight is 130 g/mol. The highest BCUT2D eigenvalue weighted by Gasteiger charge is 2.29. The molecule has 0 aromatic carbocycles. The van der Waals surface area contributed by atoms with E-state index in [1.165, 1.54) is 0 Å². The molecule has 52 valence electrons. The Morgan fingerprint density at radius 3 is 2.67 bits per heavy atom. The molecule has 1 unspecified atom stereocenters. The number of carbonyl (C=O) groups is 1. The molecule has 3 nitrogen and oxygen atoms in total. The van der Waals surface area contributed by atoms with Crippen LogP contribution in [0.15, 0.2) is 0 Å². The Morgan fingerprint density at radius 1 is 1.56 bits per heavy atom. The van der Waals surface area contributed by atoms with E-state index in [9.17, 15) is 4.79 Å². The van der Waals surface area contributed by atoms with Crippen molar-refractivity contribution in [3.63, 3.8) is 0 Å². The predicted molar refractivity (Wildman–Crippen MR) is 30.8 cm³/mol. The van der Waals surface area contributed by atoms with E-state index in [0.717, 1.165) is 12.8 Å². The van der Waals surface area contributed by atoms with Crippen LogP contribution in [0.2, 0.25) is 0 Å². The van der Waals surface area contributed by atoms with Crippen LogP contribution < -0.4 is 0 Å². The SMILES string of the molecule is O=CC1(O)CCCCO1. The van der Waals surface area contributed by atoms with Gasteiger partial charge in [0.2, 0.25) is 5.79 Å². The molecule has 1 N–H and O–H groups in total. The Balaban J connectivity index is 2.46. The van der Waals surface area contributed by atoms with Crippen LogP contribution in [0.5, 0.6) is 0 Å². The summed E-state index contributed by atoms with van der Waals surface area (Å²) in [5.74, 6) is -1.46. The van der Waals surface area contributed by atoms with Crippen LogP contribution in [0.4, 0.5) is 0 Å². The third-order valence-electron chi connectivity index (χ3n) is 1.47. The van der Waals surface area contributed by atoms with E-state index < -0.39 is 5.79 Å².